The first-order valence-corrected chi connectivity index (χ1v) is 8.42. The van der Waals surface area contributed by atoms with Gasteiger partial charge in [-0.2, -0.15) is 0 Å². The fourth-order valence-electron chi connectivity index (χ4n) is 2.85. The lowest BCUT2D eigenvalue weighted by atomic mass is 9.92. The Kier molecular flexibility index (Phi) is 5.36. The predicted octanol–water partition coefficient (Wildman–Crippen LogP) is 2.97. The Morgan fingerprint density at radius 1 is 1.20 bits per heavy atom. The molecule has 1 N–H and O–H groups in total. The number of aromatic nitrogens is 1. The van der Waals surface area contributed by atoms with Crippen LogP contribution in [0.2, 0.25) is 0 Å². The molecule has 5 nitrogen and oxygen atoms in total. The first-order chi connectivity index (χ1) is 12.0. The highest BCUT2D eigenvalue weighted by molar-refractivity contribution is 5.62. The molecule has 0 radical (unpaired) electrons. The number of aliphatic hydroxyl groups is 1. The highest BCUT2D eigenvalue weighted by Gasteiger charge is 2.27. The minimum absolute atomic E-state index is 0.0222. The Bertz CT molecular complexity index is 792. The summed E-state index contributed by atoms with van der Waals surface area (Å²) in [6.07, 6.45) is 5.16. The molecule has 1 aliphatic carbocycles. The minimum atomic E-state index is -0.224. The van der Waals surface area contributed by atoms with Crippen molar-refractivity contribution in [2.45, 2.75) is 38.9 Å². The number of hydrogen-bond donors (Lipinski definition) is 1. The summed E-state index contributed by atoms with van der Waals surface area (Å²) in [6, 6.07) is 11.0. The summed E-state index contributed by atoms with van der Waals surface area (Å²) >= 11 is 0. The molecule has 0 saturated heterocycles. The van der Waals surface area contributed by atoms with Crippen LogP contribution in [-0.4, -0.2) is 28.7 Å². The Hall–Kier alpha value is -2.37. The normalized spacial score (nSPS) is 19.8. The van der Waals surface area contributed by atoms with Crippen LogP contribution in [-0.2, 0) is 4.74 Å². The van der Waals surface area contributed by atoms with Gasteiger partial charge in [0.1, 0.15) is 5.75 Å². The van der Waals surface area contributed by atoms with Gasteiger partial charge in [-0.1, -0.05) is 12.1 Å². The van der Waals surface area contributed by atoms with Crippen LogP contribution < -0.4 is 10.2 Å². The summed E-state index contributed by atoms with van der Waals surface area (Å²) in [4.78, 5) is 11.5. The van der Waals surface area contributed by atoms with Crippen LogP contribution in [0.4, 0.5) is 0 Å². The number of benzene rings is 1. The van der Waals surface area contributed by atoms with E-state index < -0.39 is 0 Å². The van der Waals surface area contributed by atoms with E-state index in [2.05, 4.69) is 0 Å². The smallest absolute Gasteiger partial charge is 0.189 e. The zero-order chi connectivity index (χ0) is 17.8. The predicted molar refractivity (Wildman–Crippen MR) is 97.5 cm³/mol. The lowest BCUT2D eigenvalue weighted by Gasteiger charge is -2.30. The molecule has 2 aromatic rings. The van der Waals surface area contributed by atoms with Crippen LogP contribution in [0, 0.1) is 13.8 Å². The van der Waals surface area contributed by atoms with Crippen molar-refractivity contribution in [2.75, 3.05) is 6.79 Å². The topological polar surface area (TPSA) is 60.7 Å². The van der Waals surface area contributed by atoms with E-state index in [1.54, 1.807) is 12.1 Å². The van der Waals surface area contributed by atoms with Crippen molar-refractivity contribution in [3.63, 3.8) is 0 Å². The van der Waals surface area contributed by atoms with E-state index in [9.17, 15) is 9.90 Å². The second-order valence-electron chi connectivity index (χ2n) is 6.41. The van der Waals surface area contributed by atoms with E-state index in [0.29, 0.717) is 12.8 Å². The molecule has 0 amide bonds. The fraction of sp³-hybridized carbons (Fsp3) is 0.350. The summed E-state index contributed by atoms with van der Waals surface area (Å²) < 4.78 is 13.1. The maximum Gasteiger partial charge on any atom is 0.189 e. The molecule has 25 heavy (non-hydrogen) atoms. The van der Waals surface area contributed by atoms with Crippen molar-refractivity contribution in [1.82, 2.24) is 4.57 Å². The summed E-state index contributed by atoms with van der Waals surface area (Å²) in [5.74, 6) is 0.732. The van der Waals surface area contributed by atoms with Crippen LogP contribution in [0.25, 0.3) is 12.3 Å². The highest BCUT2D eigenvalue weighted by Crippen LogP contribution is 2.23. The number of nitrogens with zero attached hydrogens (tertiary/aromatic N) is 1. The molecule has 1 heterocycles. The molecule has 1 fully saturated rings. The average molecular weight is 341 g/mol. The van der Waals surface area contributed by atoms with Gasteiger partial charge in [-0.15, -0.1) is 0 Å². The molecular weight excluding hydrogens is 318 g/mol. The average Bonchev–Trinajstić information content (AvgIpc) is 2.52. The monoisotopic (exact) mass is 341 g/mol. The number of ether oxygens (including phenoxy) is 2. The number of rotatable bonds is 6. The molecule has 3 rings (SSSR count). The molecule has 0 bridgehead atoms. The number of pyridine rings is 1. The second-order valence-corrected chi connectivity index (χ2v) is 6.41. The molecule has 5 heteroatoms. The van der Waals surface area contributed by atoms with Gasteiger partial charge >= 0.3 is 0 Å². The molecule has 1 saturated carbocycles. The van der Waals surface area contributed by atoms with Gasteiger partial charge in [0.05, 0.1) is 12.2 Å². The molecule has 132 valence electrons. The second kappa shape index (κ2) is 7.68. The van der Waals surface area contributed by atoms with Gasteiger partial charge in [0.15, 0.2) is 12.2 Å². The zero-order valence-corrected chi connectivity index (χ0v) is 14.5. The van der Waals surface area contributed by atoms with E-state index in [1.165, 1.54) is 0 Å². The molecule has 0 spiro atoms. The van der Waals surface area contributed by atoms with E-state index in [0.717, 1.165) is 22.7 Å². The SMILES string of the molecule is Cc1cc(=O)cc(C)n1/C=C/c1cccc(OCOC2CC(O)C2)c1. The van der Waals surface area contributed by atoms with Gasteiger partial charge in [-0.25, -0.2) is 0 Å². The van der Waals surface area contributed by atoms with E-state index in [1.807, 2.05) is 55.0 Å². The van der Waals surface area contributed by atoms with E-state index in [-0.39, 0.29) is 24.4 Å². The Balaban J connectivity index is 1.62. The standard InChI is InChI=1S/C20H23NO4/c1-14-8-17(22)9-15(2)21(14)7-6-16-4-3-5-19(10-16)24-13-25-20-11-18(23)12-20/h3-10,18,20,23H,11-13H2,1-2H3/b7-6+. The molecule has 1 aliphatic rings. The third kappa shape index (κ3) is 4.59. The summed E-state index contributed by atoms with van der Waals surface area (Å²) in [7, 11) is 0. The van der Waals surface area contributed by atoms with Crippen molar-refractivity contribution in [3.05, 3.63) is 63.6 Å². The van der Waals surface area contributed by atoms with E-state index >= 15 is 0 Å². The maximum absolute atomic E-state index is 11.5. The van der Waals surface area contributed by atoms with E-state index in [4.69, 9.17) is 9.47 Å². The summed E-state index contributed by atoms with van der Waals surface area (Å²) in [5, 5.41) is 9.23. The first kappa shape index (κ1) is 17.5. The van der Waals surface area contributed by atoms with Gasteiger partial charge in [0, 0.05) is 29.7 Å². The Morgan fingerprint density at radius 3 is 2.60 bits per heavy atom. The molecule has 0 unspecified atom stereocenters. The quantitative estimate of drug-likeness (QED) is 0.821. The van der Waals surface area contributed by atoms with Crippen LogP contribution in [0.3, 0.4) is 0 Å². The first-order valence-electron chi connectivity index (χ1n) is 8.42. The Morgan fingerprint density at radius 2 is 1.92 bits per heavy atom. The summed E-state index contributed by atoms with van der Waals surface area (Å²) in [5.41, 5.74) is 2.80. The van der Waals surface area contributed by atoms with Crippen LogP contribution >= 0.6 is 0 Å². The Labute approximate surface area is 147 Å². The number of hydrogen-bond acceptors (Lipinski definition) is 4. The number of aliphatic hydroxyl groups excluding tert-OH is 1. The van der Waals surface area contributed by atoms with Gasteiger partial charge < -0.3 is 19.1 Å². The van der Waals surface area contributed by atoms with Crippen molar-refractivity contribution in [2.24, 2.45) is 0 Å². The van der Waals surface area contributed by atoms with Crippen LogP contribution in [0.1, 0.15) is 29.8 Å². The van der Waals surface area contributed by atoms with Gasteiger partial charge in [0.2, 0.25) is 0 Å². The number of aryl methyl sites for hydroxylation is 2. The highest BCUT2D eigenvalue weighted by atomic mass is 16.7. The van der Waals surface area contributed by atoms with Crippen LogP contribution in [0.15, 0.2) is 41.2 Å². The van der Waals surface area contributed by atoms with Gasteiger partial charge in [0.25, 0.3) is 0 Å². The molecule has 1 aromatic carbocycles. The third-order valence-corrected chi connectivity index (χ3v) is 4.34. The molecule has 0 aliphatic heterocycles. The lowest BCUT2D eigenvalue weighted by Crippen LogP contribution is -2.36. The maximum atomic E-state index is 11.5. The van der Waals surface area contributed by atoms with Gasteiger partial charge in [-0.05, 0) is 50.5 Å². The van der Waals surface area contributed by atoms with Gasteiger partial charge in [-0.3, -0.25) is 4.79 Å². The van der Waals surface area contributed by atoms with Crippen LogP contribution in [0.5, 0.6) is 5.75 Å². The molecule has 0 atom stereocenters. The molecule has 1 aromatic heterocycles. The third-order valence-electron chi connectivity index (χ3n) is 4.34. The van der Waals surface area contributed by atoms with Crippen molar-refractivity contribution in [1.29, 1.82) is 0 Å². The van der Waals surface area contributed by atoms with Crippen molar-refractivity contribution >= 4 is 12.3 Å². The van der Waals surface area contributed by atoms with Crippen molar-refractivity contribution in [3.8, 4) is 5.75 Å². The van der Waals surface area contributed by atoms with Crippen molar-refractivity contribution < 1.29 is 14.6 Å². The lowest BCUT2D eigenvalue weighted by molar-refractivity contribution is -0.112. The summed E-state index contributed by atoms with van der Waals surface area (Å²) in [6.45, 7) is 4.00. The molecular formula is C20H23NO4. The fourth-order valence-corrected chi connectivity index (χ4v) is 2.85. The largest absolute Gasteiger partial charge is 0.468 e. The zero-order valence-electron chi connectivity index (χ0n) is 14.5. The minimum Gasteiger partial charge on any atom is -0.468 e.